The molecule has 4 nitrogen and oxygen atoms in total. The summed E-state index contributed by atoms with van der Waals surface area (Å²) in [6.07, 6.45) is 3.40. The first kappa shape index (κ1) is 10.8. The van der Waals surface area contributed by atoms with Gasteiger partial charge in [-0.1, -0.05) is 0 Å². The van der Waals surface area contributed by atoms with Crippen LogP contribution < -0.4 is 5.32 Å². The van der Waals surface area contributed by atoms with Crippen molar-refractivity contribution in [2.45, 2.75) is 19.3 Å². The molecule has 0 saturated carbocycles. The molecule has 1 aromatic heterocycles. The zero-order valence-electron chi connectivity index (χ0n) is 8.03. The van der Waals surface area contributed by atoms with Crippen LogP contribution in [0.5, 0.6) is 0 Å². The Kier molecular flexibility index (Phi) is 4.78. The Labute approximate surface area is 82.9 Å². The molecule has 1 rings (SSSR count). The molecule has 0 atom stereocenters. The zero-order chi connectivity index (χ0) is 10.2. The molecule has 4 heteroatoms. The number of furan rings is 1. The molecule has 0 aliphatic heterocycles. The predicted molar refractivity (Wildman–Crippen MR) is 52.2 cm³/mol. The second-order valence-electron chi connectivity index (χ2n) is 3.08. The van der Waals surface area contributed by atoms with Crippen molar-refractivity contribution in [1.82, 2.24) is 5.32 Å². The van der Waals surface area contributed by atoms with Gasteiger partial charge in [0.1, 0.15) is 5.76 Å². The number of nitrogens with one attached hydrogen (secondary N) is 1. The Morgan fingerprint density at radius 1 is 1.50 bits per heavy atom. The van der Waals surface area contributed by atoms with Crippen molar-refractivity contribution in [3.63, 3.8) is 0 Å². The van der Waals surface area contributed by atoms with E-state index in [0.29, 0.717) is 6.42 Å². The fourth-order valence-corrected chi connectivity index (χ4v) is 1.16. The SMILES string of the molecule is O=C(O)CCCNCCc1ccco1. The highest BCUT2D eigenvalue weighted by Gasteiger charge is 1.97. The Morgan fingerprint density at radius 3 is 3.00 bits per heavy atom. The Bertz CT molecular complexity index is 256. The summed E-state index contributed by atoms with van der Waals surface area (Å²) in [4.78, 5) is 10.2. The van der Waals surface area contributed by atoms with E-state index >= 15 is 0 Å². The van der Waals surface area contributed by atoms with Gasteiger partial charge in [0, 0.05) is 19.4 Å². The van der Waals surface area contributed by atoms with Crippen molar-refractivity contribution < 1.29 is 14.3 Å². The summed E-state index contributed by atoms with van der Waals surface area (Å²) >= 11 is 0. The molecule has 0 spiro atoms. The molecule has 0 aliphatic rings. The third-order valence-corrected chi connectivity index (χ3v) is 1.87. The van der Waals surface area contributed by atoms with Crippen LogP contribution in [0.1, 0.15) is 18.6 Å². The van der Waals surface area contributed by atoms with E-state index in [1.54, 1.807) is 6.26 Å². The quantitative estimate of drug-likeness (QED) is 0.646. The van der Waals surface area contributed by atoms with Crippen molar-refractivity contribution in [3.05, 3.63) is 24.2 Å². The molecule has 0 radical (unpaired) electrons. The molecule has 0 amide bonds. The Balaban J connectivity index is 1.92. The summed E-state index contributed by atoms with van der Waals surface area (Å²) in [5.74, 6) is 0.216. The molecule has 1 aromatic rings. The van der Waals surface area contributed by atoms with Gasteiger partial charge in [0.25, 0.3) is 0 Å². The largest absolute Gasteiger partial charge is 0.481 e. The monoisotopic (exact) mass is 197 g/mol. The number of hydrogen-bond acceptors (Lipinski definition) is 3. The minimum atomic E-state index is -0.738. The smallest absolute Gasteiger partial charge is 0.303 e. The average molecular weight is 197 g/mol. The van der Waals surface area contributed by atoms with E-state index in [4.69, 9.17) is 9.52 Å². The first-order valence-corrected chi connectivity index (χ1v) is 4.74. The molecule has 0 unspecified atom stereocenters. The summed E-state index contributed by atoms with van der Waals surface area (Å²) in [5.41, 5.74) is 0. The van der Waals surface area contributed by atoms with Crippen LogP contribution in [0.2, 0.25) is 0 Å². The summed E-state index contributed by atoms with van der Waals surface area (Å²) in [5, 5.41) is 11.5. The van der Waals surface area contributed by atoms with Gasteiger partial charge in [-0.3, -0.25) is 4.79 Å². The lowest BCUT2D eigenvalue weighted by atomic mass is 10.3. The van der Waals surface area contributed by atoms with Gasteiger partial charge in [0.15, 0.2) is 0 Å². The second-order valence-corrected chi connectivity index (χ2v) is 3.08. The van der Waals surface area contributed by atoms with E-state index < -0.39 is 5.97 Å². The van der Waals surface area contributed by atoms with Gasteiger partial charge in [-0.25, -0.2) is 0 Å². The lowest BCUT2D eigenvalue weighted by Crippen LogP contribution is -2.19. The lowest BCUT2D eigenvalue weighted by Gasteiger charge is -2.01. The van der Waals surface area contributed by atoms with Crippen molar-refractivity contribution >= 4 is 5.97 Å². The topological polar surface area (TPSA) is 62.5 Å². The van der Waals surface area contributed by atoms with Crippen LogP contribution in [0.25, 0.3) is 0 Å². The van der Waals surface area contributed by atoms with E-state index in [9.17, 15) is 4.79 Å². The molecular formula is C10H15NO3. The van der Waals surface area contributed by atoms with E-state index in [1.807, 2.05) is 12.1 Å². The molecule has 14 heavy (non-hydrogen) atoms. The standard InChI is InChI=1S/C10H15NO3/c12-10(13)4-1-6-11-7-5-9-3-2-8-14-9/h2-3,8,11H,1,4-7H2,(H,12,13). The van der Waals surface area contributed by atoms with Crippen LogP contribution >= 0.6 is 0 Å². The molecule has 0 aliphatic carbocycles. The van der Waals surface area contributed by atoms with E-state index in [-0.39, 0.29) is 6.42 Å². The number of carboxylic acid groups (broad SMARTS) is 1. The highest BCUT2D eigenvalue weighted by molar-refractivity contribution is 5.66. The maximum absolute atomic E-state index is 10.2. The molecule has 1 heterocycles. The normalized spacial score (nSPS) is 10.3. The number of aliphatic carboxylic acids is 1. The van der Waals surface area contributed by atoms with Crippen LogP contribution in [0.15, 0.2) is 22.8 Å². The summed E-state index contributed by atoms with van der Waals surface area (Å²) in [7, 11) is 0. The number of rotatable bonds is 7. The minimum Gasteiger partial charge on any atom is -0.481 e. The zero-order valence-corrected chi connectivity index (χ0v) is 8.03. The molecule has 2 N–H and O–H groups in total. The fraction of sp³-hybridized carbons (Fsp3) is 0.500. The lowest BCUT2D eigenvalue weighted by molar-refractivity contribution is -0.137. The maximum atomic E-state index is 10.2. The molecule has 0 aromatic carbocycles. The first-order chi connectivity index (χ1) is 6.79. The molecular weight excluding hydrogens is 182 g/mol. The molecule has 0 bridgehead atoms. The van der Waals surface area contributed by atoms with Crippen molar-refractivity contribution in [2.75, 3.05) is 13.1 Å². The molecule has 0 fully saturated rings. The van der Waals surface area contributed by atoms with Crippen LogP contribution in [-0.2, 0) is 11.2 Å². The highest BCUT2D eigenvalue weighted by atomic mass is 16.4. The third kappa shape index (κ3) is 4.67. The summed E-state index contributed by atoms with van der Waals surface area (Å²) in [6, 6.07) is 3.79. The second kappa shape index (κ2) is 6.21. The number of carboxylic acids is 1. The molecule has 78 valence electrons. The average Bonchev–Trinajstić information content (AvgIpc) is 2.63. The van der Waals surface area contributed by atoms with E-state index in [1.165, 1.54) is 0 Å². The van der Waals surface area contributed by atoms with Crippen LogP contribution in [-0.4, -0.2) is 24.2 Å². The van der Waals surface area contributed by atoms with Crippen molar-refractivity contribution in [1.29, 1.82) is 0 Å². The van der Waals surface area contributed by atoms with Gasteiger partial charge in [-0.05, 0) is 25.1 Å². The number of hydrogen-bond donors (Lipinski definition) is 2. The van der Waals surface area contributed by atoms with Gasteiger partial charge in [0.05, 0.1) is 6.26 Å². The predicted octanol–water partition coefficient (Wildman–Crippen LogP) is 1.28. The van der Waals surface area contributed by atoms with Crippen LogP contribution in [0.4, 0.5) is 0 Å². The van der Waals surface area contributed by atoms with Crippen LogP contribution in [0, 0.1) is 0 Å². The number of carbonyl (C=O) groups is 1. The summed E-state index contributed by atoms with van der Waals surface area (Å²) in [6.45, 7) is 1.57. The Morgan fingerprint density at radius 2 is 2.36 bits per heavy atom. The first-order valence-electron chi connectivity index (χ1n) is 4.74. The molecule has 0 saturated heterocycles. The highest BCUT2D eigenvalue weighted by Crippen LogP contribution is 1.99. The third-order valence-electron chi connectivity index (χ3n) is 1.87. The van der Waals surface area contributed by atoms with E-state index in [0.717, 1.165) is 25.3 Å². The van der Waals surface area contributed by atoms with Gasteiger partial charge in [-0.2, -0.15) is 0 Å². The minimum absolute atomic E-state index is 0.230. The van der Waals surface area contributed by atoms with Crippen LogP contribution in [0.3, 0.4) is 0 Å². The maximum Gasteiger partial charge on any atom is 0.303 e. The summed E-state index contributed by atoms with van der Waals surface area (Å²) < 4.78 is 5.14. The van der Waals surface area contributed by atoms with E-state index in [2.05, 4.69) is 5.32 Å². The van der Waals surface area contributed by atoms with Gasteiger partial charge in [0.2, 0.25) is 0 Å². The van der Waals surface area contributed by atoms with Gasteiger partial charge >= 0.3 is 5.97 Å². The van der Waals surface area contributed by atoms with Gasteiger partial charge in [-0.15, -0.1) is 0 Å². The van der Waals surface area contributed by atoms with Crippen molar-refractivity contribution in [3.8, 4) is 0 Å². The van der Waals surface area contributed by atoms with Crippen molar-refractivity contribution in [2.24, 2.45) is 0 Å². The Hall–Kier alpha value is -1.29. The fourth-order valence-electron chi connectivity index (χ4n) is 1.16. The van der Waals surface area contributed by atoms with Gasteiger partial charge < -0.3 is 14.8 Å².